The number of amides is 2. The second-order valence-electron chi connectivity index (χ2n) is 9.79. The van der Waals surface area contributed by atoms with Gasteiger partial charge in [-0.2, -0.15) is 0 Å². The fourth-order valence-corrected chi connectivity index (χ4v) is 4.52. The minimum atomic E-state index is -0.753. The maximum atomic E-state index is 13.8. The standard InChI is InChI=1S/C31H36Cl2N2O3/c1-6-22(4)34-31(37)28(17-24-10-8-7-9-11-24)35(18-25-12-13-26(32)27(33)16-25)30(36)19-38-29-15-20(2)14-21(3)23(29)5/h7-16,22,28H,6,17-19H2,1-5H3,(H,34,37)/t22-,28+/m1/s1. The van der Waals surface area contributed by atoms with Crippen molar-refractivity contribution >= 4 is 35.0 Å². The van der Waals surface area contributed by atoms with Gasteiger partial charge in [-0.3, -0.25) is 9.59 Å². The number of halogens is 2. The van der Waals surface area contributed by atoms with E-state index < -0.39 is 6.04 Å². The molecule has 0 unspecified atom stereocenters. The molecule has 2 amide bonds. The summed E-state index contributed by atoms with van der Waals surface area (Å²) in [5.74, 6) is 0.156. The molecule has 0 aliphatic carbocycles. The number of aryl methyl sites for hydroxylation is 2. The van der Waals surface area contributed by atoms with Crippen LogP contribution in [-0.2, 0) is 22.6 Å². The molecule has 1 N–H and O–H groups in total. The molecule has 0 bridgehead atoms. The summed E-state index contributed by atoms with van der Waals surface area (Å²) in [6.45, 7) is 9.92. The van der Waals surface area contributed by atoms with Crippen LogP contribution in [0.15, 0.2) is 60.7 Å². The summed E-state index contributed by atoms with van der Waals surface area (Å²) in [5.41, 5.74) is 4.85. The molecule has 0 saturated carbocycles. The summed E-state index contributed by atoms with van der Waals surface area (Å²) >= 11 is 12.4. The molecule has 202 valence electrons. The van der Waals surface area contributed by atoms with Gasteiger partial charge in [-0.05, 0) is 80.1 Å². The lowest BCUT2D eigenvalue weighted by Crippen LogP contribution is -2.53. The molecule has 0 aliphatic rings. The van der Waals surface area contributed by atoms with Gasteiger partial charge in [0.15, 0.2) is 6.61 Å². The first-order valence-corrected chi connectivity index (χ1v) is 13.6. The molecular formula is C31H36Cl2N2O3. The number of hydrogen-bond donors (Lipinski definition) is 1. The van der Waals surface area contributed by atoms with E-state index in [0.717, 1.165) is 34.2 Å². The highest BCUT2D eigenvalue weighted by Gasteiger charge is 2.31. The number of carbonyl (C=O) groups excluding carboxylic acids is 2. The van der Waals surface area contributed by atoms with Crippen LogP contribution in [0.4, 0.5) is 0 Å². The van der Waals surface area contributed by atoms with Gasteiger partial charge in [0, 0.05) is 19.0 Å². The third kappa shape index (κ3) is 7.99. The third-order valence-corrected chi connectivity index (χ3v) is 7.46. The van der Waals surface area contributed by atoms with Crippen molar-refractivity contribution in [2.24, 2.45) is 0 Å². The van der Waals surface area contributed by atoms with Crippen LogP contribution in [0.3, 0.4) is 0 Å². The van der Waals surface area contributed by atoms with E-state index in [1.54, 1.807) is 17.0 Å². The summed E-state index contributed by atoms with van der Waals surface area (Å²) in [6.07, 6.45) is 1.14. The molecule has 0 fully saturated rings. The second-order valence-corrected chi connectivity index (χ2v) is 10.6. The first-order chi connectivity index (χ1) is 18.1. The highest BCUT2D eigenvalue weighted by atomic mass is 35.5. The van der Waals surface area contributed by atoms with Gasteiger partial charge in [-0.1, -0.05) is 72.6 Å². The number of nitrogens with one attached hydrogen (secondary N) is 1. The van der Waals surface area contributed by atoms with Crippen molar-refractivity contribution < 1.29 is 14.3 Å². The largest absolute Gasteiger partial charge is 0.483 e. The Morgan fingerprint density at radius 1 is 0.947 bits per heavy atom. The van der Waals surface area contributed by atoms with Crippen molar-refractivity contribution in [3.63, 3.8) is 0 Å². The van der Waals surface area contributed by atoms with Crippen LogP contribution in [0.1, 0.15) is 48.1 Å². The molecule has 3 rings (SSSR count). The number of hydrogen-bond acceptors (Lipinski definition) is 3. The van der Waals surface area contributed by atoms with Gasteiger partial charge in [-0.25, -0.2) is 0 Å². The predicted octanol–water partition coefficient (Wildman–Crippen LogP) is 6.85. The zero-order valence-electron chi connectivity index (χ0n) is 22.7. The van der Waals surface area contributed by atoms with Crippen LogP contribution in [0, 0.1) is 20.8 Å². The zero-order valence-corrected chi connectivity index (χ0v) is 24.2. The Hall–Kier alpha value is -3.02. The summed E-state index contributed by atoms with van der Waals surface area (Å²) in [6, 6.07) is 18.2. The molecule has 0 radical (unpaired) electrons. The average Bonchev–Trinajstić information content (AvgIpc) is 2.89. The summed E-state index contributed by atoms with van der Waals surface area (Å²) in [5, 5.41) is 3.89. The molecule has 5 nitrogen and oxygen atoms in total. The molecular weight excluding hydrogens is 519 g/mol. The van der Waals surface area contributed by atoms with Gasteiger partial charge < -0.3 is 15.0 Å². The van der Waals surface area contributed by atoms with Gasteiger partial charge in [0.05, 0.1) is 10.0 Å². The Morgan fingerprint density at radius 3 is 2.32 bits per heavy atom. The Kier molecular flexibility index (Phi) is 10.6. The number of rotatable bonds is 11. The number of carbonyl (C=O) groups is 2. The average molecular weight is 556 g/mol. The van der Waals surface area contributed by atoms with E-state index >= 15 is 0 Å². The van der Waals surface area contributed by atoms with Crippen LogP contribution >= 0.6 is 23.2 Å². The van der Waals surface area contributed by atoms with Crippen molar-refractivity contribution in [3.05, 3.63) is 98.5 Å². The van der Waals surface area contributed by atoms with E-state index in [2.05, 4.69) is 11.4 Å². The first kappa shape index (κ1) is 29.5. The van der Waals surface area contributed by atoms with Gasteiger partial charge >= 0.3 is 0 Å². The van der Waals surface area contributed by atoms with E-state index in [4.69, 9.17) is 27.9 Å². The van der Waals surface area contributed by atoms with Crippen molar-refractivity contribution in [3.8, 4) is 5.75 Å². The van der Waals surface area contributed by atoms with Crippen LogP contribution in [-0.4, -0.2) is 35.4 Å². The Morgan fingerprint density at radius 2 is 1.66 bits per heavy atom. The summed E-state index contributed by atoms with van der Waals surface area (Å²) < 4.78 is 6.03. The van der Waals surface area contributed by atoms with Crippen LogP contribution in [0.5, 0.6) is 5.75 Å². The van der Waals surface area contributed by atoms with E-state index in [0.29, 0.717) is 22.2 Å². The fourth-order valence-electron chi connectivity index (χ4n) is 4.20. The minimum Gasteiger partial charge on any atom is -0.483 e. The smallest absolute Gasteiger partial charge is 0.261 e. The van der Waals surface area contributed by atoms with Gasteiger partial charge in [0.25, 0.3) is 5.91 Å². The first-order valence-electron chi connectivity index (χ1n) is 12.9. The Balaban J connectivity index is 1.97. The molecule has 38 heavy (non-hydrogen) atoms. The molecule has 0 aliphatic heterocycles. The van der Waals surface area contributed by atoms with E-state index in [1.165, 1.54) is 0 Å². The predicted molar refractivity (Wildman–Crippen MR) is 155 cm³/mol. The van der Waals surface area contributed by atoms with Gasteiger partial charge in [0.1, 0.15) is 11.8 Å². The fraction of sp³-hybridized carbons (Fsp3) is 0.355. The van der Waals surface area contributed by atoms with E-state index in [1.807, 2.05) is 77.1 Å². The van der Waals surface area contributed by atoms with Crippen molar-refractivity contribution in [1.82, 2.24) is 10.2 Å². The molecule has 2 atom stereocenters. The molecule has 0 heterocycles. The quantitative estimate of drug-likeness (QED) is 0.282. The van der Waals surface area contributed by atoms with Crippen LogP contribution in [0.2, 0.25) is 10.0 Å². The van der Waals surface area contributed by atoms with Crippen molar-refractivity contribution in [2.45, 2.75) is 66.1 Å². The van der Waals surface area contributed by atoms with Gasteiger partial charge in [0.2, 0.25) is 5.91 Å². The van der Waals surface area contributed by atoms with Crippen LogP contribution < -0.4 is 10.1 Å². The number of nitrogens with zero attached hydrogens (tertiary/aromatic N) is 1. The molecule has 0 aromatic heterocycles. The topological polar surface area (TPSA) is 58.6 Å². The molecule has 0 saturated heterocycles. The summed E-state index contributed by atoms with van der Waals surface area (Å²) in [7, 11) is 0. The number of benzene rings is 3. The maximum Gasteiger partial charge on any atom is 0.261 e. The SMILES string of the molecule is CC[C@@H](C)NC(=O)[C@H](Cc1ccccc1)N(Cc1ccc(Cl)c(Cl)c1)C(=O)COc1cc(C)cc(C)c1C. The van der Waals surface area contributed by atoms with E-state index in [-0.39, 0.29) is 31.0 Å². The van der Waals surface area contributed by atoms with E-state index in [9.17, 15) is 9.59 Å². The number of ether oxygens (including phenoxy) is 1. The highest BCUT2D eigenvalue weighted by Crippen LogP contribution is 2.26. The molecule has 3 aromatic rings. The monoisotopic (exact) mass is 554 g/mol. The van der Waals surface area contributed by atoms with Crippen molar-refractivity contribution in [2.75, 3.05) is 6.61 Å². The molecule has 0 spiro atoms. The second kappa shape index (κ2) is 13.7. The highest BCUT2D eigenvalue weighted by molar-refractivity contribution is 6.42. The lowest BCUT2D eigenvalue weighted by molar-refractivity contribution is -0.143. The zero-order chi connectivity index (χ0) is 27.8. The minimum absolute atomic E-state index is 0.0307. The van der Waals surface area contributed by atoms with Gasteiger partial charge in [-0.15, -0.1) is 0 Å². The third-order valence-electron chi connectivity index (χ3n) is 6.72. The lowest BCUT2D eigenvalue weighted by atomic mass is 10.0. The normalized spacial score (nSPS) is 12.5. The maximum absolute atomic E-state index is 13.8. The molecule has 7 heteroatoms. The lowest BCUT2D eigenvalue weighted by Gasteiger charge is -2.32. The summed E-state index contributed by atoms with van der Waals surface area (Å²) in [4.78, 5) is 29.0. The molecule has 3 aromatic carbocycles. The van der Waals surface area contributed by atoms with Crippen molar-refractivity contribution in [1.29, 1.82) is 0 Å². The van der Waals surface area contributed by atoms with Crippen LogP contribution in [0.25, 0.3) is 0 Å². The Labute approximate surface area is 236 Å². The Bertz CT molecular complexity index is 1260.